The Morgan fingerprint density at radius 2 is 2.21 bits per heavy atom. The van der Waals surface area contributed by atoms with E-state index >= 15 is 0 Å². The first-order valence-corrected chi connectivity index (χ1v) is 6.23. The van der Waals surface area contributed by atoms with Gasteiger partial charge < -0.3 is 26.0 Å². The van der Waals surface area contributed by atoms with E-state index in [1.54, 1.807) is 0 Å². The molecule has 1 aromatic rings. The van der Waals surface area contributed by atoms with E-state index in [9.17, 15) is 15.0 Å². The standard InChI is InChI=1S/C13H18N2O4/c1-2-19-11-6-8(14)12(11)15-13(18)7-3-4-9(16)10(17)5-7/h3-5,8,11-12,16-17H,2,6,14H2,1H3,(H,15,18). The molecule has 3 unspecified atom stereocenters. The topological polar surface area (TPSA) is 105 Å². The molecule has 1 saturated carbocycles. The minimum atomic E-state index is -0.347. The fraction of sp³-hybridized carbons (Fsp3) is 0.462. The molecule has 6 nitrogen and oxygen atoms in total. The number of nitrogens with one attached hydrogen (secondary N) is 1. The molecule has 0 bridgehead atoms. The van der Waals surface area contributed by atoms with Crippen LogP contribution in [0, 0.1) is 0 Å². The number of benzene rings is 1. The Bertz CT molecular complexity index is 476. The summed E-state index contributed by atoms with van der Waals surface area (Å²) in [6.45, 7) is 2.46. The lowest BCUT2D eigenvalue weighted by molar-refractivity contribution is -0.0300. The van der Waals surface area contributed by atoms with Crippen molar-refractivity contribution >= 4 is 5.91 Å². The van der Waals surface area contributed by atoms with E-state index in [1.165, 1.54) is 18.2 Å². The number of carbonyl (C=O) groups excluding carboxylic acids is 1. The number of hydrogen-bond acceptors (Lipinski definition) is 5. The second kappa shape index (κ2) is 5.46. The molecular weight excluding hydrogens is 248 g/mol. The van der Waals surface area contributed by atoms with E-state index in [0.29, 0.717) is 6.61 Å². The van der Waals surface area contributed by atoms with Crippen molar-refractivity contribution in [1.29, 1.82) is 0 Å². The molecule has 0 aromatic heterocycles. The summed E-state index contributed by atoms with van der Waals surface area (Å²) in [4.78, 5) is 12.0. The number of phenolic OH excluding ortho intramolecular Hbond substituents is 2. The maximum atomic E-state index is 12.0. The van der Waals surface area contributed by atoms with Crippen LogP contribution in [0.1, 0.15) is 23.7 Å². The molecule has 1 aliphatic carbocycles. The summed E-state index contributed by atoms with van der Waals surface area (Å²) in [6.07, 6.45) is 0.661. The first-order chi connectivity index (χ1) is 9.02. The SMILES string of the molecule is CCOC1CC(N)C1NC(=O)c1ccc(O)c(O)c1. The van der Waals surface area contributed by atoms with Crippen LogP contribution in [-0.2, 0) is 4.74 Å². The smallest absolute Gasteiger partial charge is 0.251 e. The predicted molar refractivity (Wildman–Crippen MR) is 69.0 cm³/mol. The highest BCUT2D eigenvalue weighted by Crippen LogP contribution is 2.26. The van der Waals surface area contributed by atoms with Gasteiger partial charge in [0.25, 0.3) is 5.91 Å². The normalized spacial score (nSPS) is 25.7. The third kappa shape index (κ3) is 2.80. The van der Waals surface area contributed by atoms with E-state index in [0.717, 1.165) is 6.42 Å². The molecule has 0 saturated heterocycles. The molecule has 0 aliphatic heterocycles. The van der Waals surface area contributed by atoms with Crippen molar-refractivity contribution in [3.8, 4) is 11.5 Å². The van der Waals surface area contributed by atoms with Crippen LogP contribution in [0.25, 0.3) is 0 Å². The van der Waals surface area contributed by atoms with Crippen LogP contribution in [0.5, 0.6) is 11.5 Å². The largest absolute Gasteiger partial charge is 0.504 e. The van der Waals surface area contributed by atoms with Crippen LogP contribution in [0.3, 0.4) is 0 Å². The Morgan fingerprint density at radius 3 is 2.79 bits per heavy atom. The van der Waals surface area contributed by atoms with Crippen LogP contribution in [0.15, 0.2) is 18.2 Å². The number of hydrogen-bond donors (Lipinski definition) is 4. The van der Waals surface area contributed by atoms with Gasteiger partial charge >= 0.3 is 0 Å². The van der Waals surface area contributed by atoms with Crippen molar-refractivity contribution in [2.75, 3.05) is 6.61 Å². The lowest BCUT2D eigenvalue weighted by Gasteiger charge is -2.42. The summed E-state index contributed by atoms with van der Waals surface area (Å²) in [5.41, 5.74) is 6.11. The Balaban J connectivity index is 2.02. The molecule has 5 N–H and O–H groups in total. The number of carbonyl (C=O) groups is 1. The zero-order valence-corrected chi connectivity index (χ0v) is 10.7. The van der Waals surface area contributed by atoms with E-state index in [2.05, 4.69) is 5.32 Å². The lowest BCUT2D eigenvalue weighted by Crippen LogP contribution is -2.64. The molecule has 0 spiro atoms. The highest BCUT2D eigenvalue weighted by Gasteiger charge is 2.40. The number of ether oxygens (including phenoxy) is 1. The summed E-state index contributed by atoms with van der Waals surface area (Å²) in [7, 11) is 0. The van der Waals surface area contributed by atoms with Crippen molar-refractivity contribution in [2.45, 2.75) is 31.5 Å². The molecule has 6 heteroatoms. The fourth-order valence-electron chi connectivity index (χ4n) is 2.13. The van der Waals surface area contributed by atoms with Crippen molar-refractivity contribution < 1.29 is 19.7 Å². The first kappa shape index (κ1) is 13.6. The maximum Gasteiger partial charge on any atom is 0.251 e. The third-order valence-corrected chi connectivity index (χ3v) is 3.28. The average Bonchev–Trinajstić information content (AvgIpc) is 2.38. The van der Waals surface area contributed by atoms with Gasteiger partial charge in [-0.1, -0.05) is 0 Å². The molecule has 19 heavy (non-hydrogen) atoms. The minimum Gasteiger partial charge on any atom is -0.504 e. The summed E-state index contributed by atoms with van der Waals surface area (Å²) in [5, 5.41) is 21.3. The van der Waals surface area contributed by atoms with E-state index < -0.39 is 0 Å². The van der Waals surface area contributed by atoms with Crippen molar-refractivity contribution in [1.82, 2.24) is 5.32 Å². The van der Waals surface area contributed by atoms with Gasteiger partial charge in [-0.3, -0.25) is 4.79 Å². The molecule has 104 valence electrons. The minimum absolute atomic E-state index is 0.0605. The zero-order chi connectivity index (χ0) is 14.0. The summed E-state index contributed by atoms with van der Waals surface area (Å²) >= 11 is 0. The molecule has 3 atom stereocenters. The summed E-state index contributed by atoms with van der Waals surface area (Å²) in [6, 6.07) is 3.58. The van der Waals surface area contributed by atoms with Gasteiger partial charge in [-0.05, 0) is 31.5 Å². The molecule has 1 aliphatic rings. The van der Waals surface area contributed by atoms with Gasteiger partial charge in [0, 0.05) is 18.2 Å². The summed E-state index contributed by atoms with van der Waals surface area (Å²) in [5.74, 6) is -0.934. The summed E-state index contributed by atoms with van der Waals surface area (Å²) < 4.78 is 5.46. The molecule has 2 rings (SSSR count). The first-order valence-electron chi connectivity index (χ1n) is 6.23. The lowest BCUT2D eigenvalue weighted by atomic mass is 9.83. The Kier molecular flexibility index (Phi) is 3.92. The number of phenols is 2. The highest BCUT2D eigenvalue weighted by atomic mass is 16.5. The number of rotatable bonds is 4. The fourth-order valence-corrected chi connectivity index (χ4v) is 2.13. The second-order valence-electron chi connectivity index (χ2n) is 4.60. The third-order valence-electron chi connectivity index (χ3n) is 3.28. The van der Waals surface area contributed by atoms with Gasteiger partial charge in [0.05, 0.1) is 12.1 Å². The van der Waals surface area contributed by atoms with E-state index in [1.807, 2.05) is 6.92 Å². The predicted octanol–water partition coefficient (Wildman–Crippen LogP) is 0.332. The number of amides is 1. The van der Waals surface area contributed by atoms with Gasteiger partial charge in [0.1, 0.15) is 0 Å². The molecule has 1 amide bonds. The Labute approximate surface area is 111 Å². The van der Waals surface area contributed by atoms with Crippen molar-refractivity contribution in [3.05, 3.63) is 23.8 Å². The molecule has 1 fully saturated rings. The Hall–Kier alpha value is -1.79. The van der Waals surface area contributed by atoms with Crippen LogP contribution in [-0.4, -0.2) is 40.9 Å². The van der Waals surface area contributed by atoms with Crippen LogP contribution in [0.4, 0.5) is 0 Å². The van der Waals surface area contributed by atoms with Gasteiger partial charge in [0.2, 0.25) is 0 Å². The van der Waals surface area contributed by atoms with Gasteiger partial charge in [-0.15, -0.1) is 0 Å². The van der Waals surface area contributed by atoms with E-state index in [-0.39, 0.29) is 41.2 Å². The van der Waals surface area contributed by atoms with Crippen molar-refractivity contribution in [2.24, 2.45) is 5.73 Å². The molecular formula is C13H18N2O4. The highest BCUT2D eigenvalue weighted by molar-refractivity contribution is 5.95. The van der Waals surface area contributed by atoms with Gasteiger partial charge in [-0.2, -0.15) is 0 Å². The van der Waals surface area contributed by atoms with Gasteiger partial charge in [-0.25, -0.2) is 0 Å². The monoisotopic (exact) mass is 266 g/mol. The van der Waals surface area contributed by atoms with Crippen LogP contribution >= 0.6 is 0 Å². The van der Waals surface area contributed by atoms with Crippen molar-refractivity contribution in [3.63, 3.8) is 0 Å². The Morgan fingerprint density at radius 1 is 1.47 bits per heavy atom. The van der Waals surface area contributed by atoms with Crippen LogP contribution in [0.2, 0.25) is 0 Å². The molecule has 0 heterocycles. The second-order valence-corrected chi connectivity index (χ2v) is 4.60. The number of aromatic hydroxyl groups is 2. The van der Waals surface area contributed by atoms with Crippen LogP contribution < -0.4 is 11.1 Å². The van der Waals surface area contributed by atoms with E-state index in [4.69, 9.17) is 10.5 Å². The van der Waals surface area contributed by atoms with Gasteiger partial charge in [0.15, 0.2) is 11.5 Å². The molecule has 1 aromatic carbocycles. The maximum absolute atomic E-state index is 12.0. The average molecular weight is 266 g/mol. The quantitative estimate of drug-likeness (QED) is 0.588. The number of nitrogens with two attached hydrogens (primary N) is 1. The zero-order valence-electron chi connectivity index (χ0n) is 10.7. The molecule has 0 radical (unpaired) electrons.